The highest BCUT2D eigenvalue weighted by Crippen LogP contribution is 2.54. The number of fused-ring (bicyclic) bond motifs is 4. The Morgan fingerprint density at radius 2 is 2.07 bits per heavy atom. The van der Waals surface area contributed by atoms with Crippen molar-refractivity contribution in [1.29, 1.82) is 0 Å². The Kier molecular flexibility index (Phi) is 4.40. The molecule has 4 N–H and O–H groups in total. The van der Waals surface area contributed by atoms with Crippen molar-refractivity contribution in [1.82, 2.24) is 10.2 Å². The zero-order valence-corrected chi connectivity index (χ0v) is 15.8. The van der Waals surface area contributed by atoms with Crippen molar-refractivity contribution in [3.63, 3.8) is 0 Å². The molecule has 0 saturated carbocycles. The third-order valence-electron chi connectivity index (χ3n) is 5.73. The van der Waals surface area contributed by atoms with Gasteiger partial charge in [-0.3, -0.25) is 29.4 Å². The molecule has 3 heterocycles. The lowest BCUT2D eigenvalue weighted by molar-refractivity contribution is -0.143. The molecule has 9 nitrogen and oxygen atoms in total. The summed E-state index contributed by atoms with van der Waals surface area (Å²) in [5.41, 5.74) is 4.76. The van der Waals surface area contributed by atoms with Gasteiger partial charge in [0, 0.05) is 25.1 Å². The van der Waals surface area contributed by atoms with Gasteiger partial charge in [0.1, 0.15) is 5.54 Å². The molecule has 4 atom stereocenters. The standard InChI is InChI=1S/C18H19ClN4O5/c1-28-6-5-23-15(25)12-10(7-11(20)24)22-18(13(12)16(23)26)8-3-2-4-9(19)14(8)21-17(18)27/h2-4,10,12-13,22H,5-7H2,1H3,(H2,20,24)(H,21,27)/t10-,12-,13+,18-/m1/s1. The zero-order valence-electron chi connectivity index (χ0n) is 15.0. The summed E-state index contributed by atoms with van der Waals surface area (Å²) >= 11 is 6.23. The molecule has 3 aliphatic heterocycles. The number of benzene rings is 1. The van der Waals surface area contributed by atoms with Gasteiger partial charge in [0.05, 0.1) is 35.7 Å². The van der Waals surface area contributed by atoms with Gasteiger partial charge in [0.25, 0.3) is 0 Å². The van der Waals surface area contributed by atoms with Gasteiger partial charge >= 0.3 is 0 Å². The summed E-state index contributed by atoms with van der Waals surface area (Å²) in [5, 5.41) is 6.15. The van der Waals surface area contributed by atoms with Crippen LogP contribution in [-0.4, -0.2) is 54.8 Å². The van der Waals surface area contributed by atoms with Crippen LogP contribution in [0.4, 0.5) is 5.69 Å². The zero-order chi connectivity index (χ0) is 20.2. The number of hydrogen-bond acceptors (Lipinski definition) is 6. The average Bonchev–Trinajstić information content (AvgIpc) is 3.20. The molecule has 0 bridgehead atoms. The lowest BCUT2D eigenvalue weighted by Crippen LogP contribution is -2.53. The van der Waals surface area contributed by atoms with E-state index in [1.54, 1.807) is 18.2 Å². The fraction of sp³-hybridized carbons (Fsp3) is 0.444. The molecule has 0 unspecified atom stereocenters. The Balaban J connectivity index is 1.85. The summed E-state index contributed by atoms with van der Waals surface area (Å²) in [6.45, 7) is 0.247. The normalized spacial score (nSPS) is 30.7. The second kappa shape index (κ2) is 6.54. The van der Waals surface area contributed by atoms with Crippen molar-refractivity contribution >= 4 is 40.9 Å². The second-order valence-electron chi connectivity index (χ2n) is 7.17. The van der Waals surface area contributed by atoms with Gasteiger partial charge in [-0.2, -0.15) is 0 Å². The Morgan fingerprint density at radius 3 is 2.75 bits per heavy atom. The second-order valence-corrected chi connectivity index (χ2v) is 7.58. The monoisotopic (exact) mass is 406 g/mol. The summed E-state index contributed by atoms with van der Waals surface area (Å²) in [6.07, 6.45) is -0.177. The van der Waals surface area contributed by atoms with E-state index in [4.69, 9.17) is 22.1 Å². The van der Waals surface area contributed by atoms with Gasteiger partial charge in [-0.15, -0.1) is 0 Å². The smallest absolute Gasteiger partial charge is 0.250 e. The van der Waals surface area contributed by atoms with E-state index < -0.39 is 47.0 Å². The van der Waals surface area contributed by atoms with E-state index in [9.17, 15) is 19.2 Å². The molecule has 2 saturated heterocycles. The minimum absolute atomic E-state index is 0.0740. The quantitative estimate of drug-likeness (QED) is 0.569. The van der Waals surface area contributed by atoms with E-state index in [0.29, 0.717) is 16.3 Å². The number of nitrogens with one attached hydrogen (secondary N) is 2. The third kappa shape index (κ3) is 2.40. The predicted molar refractivity (Wildman–Crippen MR) is 98.1 cm³/mol. The molecule has 0 radical (unpaired) electrons. The van der Waals surface area contributed by atoms with Gasteiger partial charge < -0.3 is 15.8 Å². The van der Waals surface area contributed by atoms with Crippen LogP contribution < -0.4 is 16.4 Å². The first-order valence-corrected chi connectivity index (χ1v) is 9.21. The number of hydrogen-bond donors (Lipinski definition) is 3. The number of halogens is 1. The average molecular weight is 407 g/mol. The van der Waals surface area contributed by atoms with E-state index in [2.05, 4.69) is 10.6 Å². The lowest BCUT2D eigenvalue weighted by atomic mass is 9.76. The van der Waals surface area contributed by atoms with Gasteiger partial charge in [-0.25, -0.2) is 0 Å². The first kappa shape index (κ1) is 18.9. The minimum atomic E-state index is -1.49. The van der Waals surface area contributed by atoms with Crippen LogP contribution in [0.2, 0.25) is 5.02 Å². The number of amides is 4. The van der Waals surface area contributed by atoms with Crippen LogP contribution in [0.5, 0.6) is 0 Å². The summed E-state index contributed by atoms with van der Waals surface area (Å²) in [6, 6.07) is 4.23. The molecular weight excluding hydrogens is 388 g/mol. The van der Waals surface area contributed by atoms with Crippen molar-refractivity contribution in [2.24, 2.45) is 17.6 Å². The van der Waals surface area contributed by atoms with Crippen LogP contribution in [-0.2, 0) is 29.5 Å². The molecule has 4 rings (SSSR count). The lowest BCUT2D eigenvalue weighted by Gasteiger charge is -2.29. The number of nitrogens with two attached hydrogens (primary N) is 1. The van der Waals surface area contributed by atoms with Crippen LogP contribution in [0.1, 0.15) is 12.0 Å². The number of para-hydroxylation sites is 1. The van der Waals surface area contributed by atoms with Crippen molar-refractivity contribution in [3.8, 4) is 0 Å². The van der Waals surface area contributed by atoms with Crippen LogP contribution in [0, 0.1) is 11.8 Å². The van der Waals surface area contributed by atoms with E-state index >= 15 is 0 Å². The maximum Gasteiger partial charge on any atom is 0.250 e. The molecule has 3 aliphatic rings. The number of carbonyl (C=O) groups is 4. The predicted octanol–water partition coefficient (Wildman–Crippen LogP) is -0.418. The van der Waals surface area contributed by atoms with Crippen molar-refractivity contribution in [3.05, 3.63) is 28.8 Å². The number of rotatable bonds is 5. The summed E-state index contributed by atoms with van der Waals surface area (Å²) in [4.78, 5) is 52.0. The fourth-order valence-corrected chi connectivity index (χ4v) is 4.87. The van der Waals surface area contributed by atoms with Crippen molar-refractivity contribution < 1.29 is 23.9 Å². The first-order chi connectivity index (χ1) is 13.3. The van der Waals surface area contributed by atoms with E-state index in [-0.39, 0.29) is 19.6 Å². The Hall–Kier alpha value is -2.49. The number of ether oxygens (including phenoxy) is 1. The number of likely N-dealkylation sites (tertiary alicyclic amines) is 1. The number of nitrogens with zero attached hydrogens (tertiary/aromatic N) is 1. The summed E-state index contributed by atoms with van der Waals surface area (Å²) < 4.78 is 4.99. The number of carbonyl (C=O) groups excluding carboxylic acids is 4. The largest absolute Gasteiger partial charge is 0.383 e. The SMILES string of the molecule is COCCN1C(=O)[C@H]2[C@@H](C1=O)[C@@]1(N[C@@H]2CC(N)=O)C(=O)Nc2c(Cl)cccc21. The molecule has 0 aliphatic carbocycles. The fourth-order valence-electron chi connectivity index (χ4n) is 4.65. The summed E-state index contributed by atoms with van der Waals surface area (Å²) in [7, 11) is 1.47. The Bertz CT molecular complexity index is 906. The van der Waals surface area contributed by atoms with E-state index in [1.807, 2.05) is 0 Å². The maximum atomic E-state index is 13.2. The molecule has 1 spiro atoms. The molecule has 1 aromatic carbocycles. The number of primary amides is 1. The molecule has 4 amide bonds. The molecule has 2 fully saturated rings. The van der Waals surface area contributed by atoms with E-state index in [1.165, 1.54) is 7.11 Å². The Morgan fingerprint density at radius 1 is 1.32 bits per heavy atom. The van der Waals surface area contributed by atoms with Crippen LogP contribution in [0.15, 0.2) is 18.2 Å². The summed E-state index contributed by atoms with van der Waals surface area (Å²) in [5.74, 6) is -3.91. The van der Waals surface area contributed by atoms with Gasteiger partial charge in [-0.1, -0.05) is 23.7 Å². The number of imide groups is 1. The number of anilines is 1. The van der Waals surface area contributed by atoms with Crippen molar-refractivity contribution in [2.75, 3.05) is 25.6 Å². The van der Waals surface area contributed by atoms with Crippen LogP contribution in [0.25, 0.3) is 0 Å². The maximum absolute atomic E-state index is 13.2. The molecular formula is C18H19ClN4O5. The highest BCUT2D eigenvalue weighted by molar-refractivity contribution is 6.35. The Labute approximate surface area is 165 Å². The molecule has 28 heavy (non-hydrogen) atoms. The third-order valence-corrected chi connectivity index (χ3v) is 6.05. The highest BCUT2D eigenvalue weighted by atomic mass is 35.5. The first-order valence-electron chi connectivity index (χ1n) is 8.83. The van der Waals surface area contributed by atoms with Gasteiger partial charge in [0.2, 0.25) is 23.6 Å². The van der Waals surface area contributed by atoms with Crippen molar-refractivity contribution in [2.45, 2.75) is 18.0 Å². The van der Waals surface area contributed by atoms with Gasteiger partial charge in [-0.05, 0) is 6.07 Å². The topological polar surface area (TPSA) is 131 Å². The molecule has 0 aromatic heterocycles. The van der Waals surface area contributed by atoms with Crippen LogP contribution >= 0.6 is 11.6 Å². The van der Waals surface area contributed by atoms with Gasteiger partial charge in [0.15, 0.2) is 0 Å². The molecule has 148 valence electrons. The highest BCUT2D eigenvalue weighted by Gasteiger charge is 2.70. The van der Waals surface area contributed by atoms with E-state index in [0.717, 1.165) is 4.90 Å². The molecule has 1 aromatic rings. The minimum Gasteiger partial charge on any atom is -0.383 e. The molecule has 10 heteroatoms. The van der Waals surface area contributed by atoms with Crippen LogP contribution in [0.3, 0.4) is 0 Å². The number of methoxy groups -OCH3 is 1.